The number of amidine groups is 1. The first-order valence-corrected chi connectivity index (χ1v) is 39.5. The number of rotatable bonds is 21. The summed E-state index contributed by atoms with van der Waals surface area (Å²) in [6.07, 6.45) is 5.15. The summed E-state index contributed by atoms with van der Waals surface area (Å²) in [5.41, 5.74) is 17.7. The van der Waals surface area contributed by atoms with Crippen molar-refractivity contribution in [1.82, 2.24) is 55.8 Å². The van der Waals surface area contributed by atoms with Crippen molar-refractivity contribution >= 4 is 75.8 Å². The molecule has 0 spiro atoms. The lowest BCUT2D eigenvalue weighted by atomic mass is 9.84. The Balaban J connectivity index is 0.000000164. The van der Waals surface area contributed by atoms with Crippen molar-refractivity contribution in [2.45, 2.75) is 206 Å². The number of nitrogens with one attached hydrogen (secondary N) is 4. The van der Waals surface area contributed by atoms with Crippen LogP contribution in [0.1, 0.15) is 171 Å². The number of thiazole rings is 2. The normalized spacial score (nSPS) is 20.5. The topological polar surface area (TPSA) is 304 Å². The van der Waals surface area contributed by atoms with E-state index in [1.165, 1.54) is 54.4 Å². The number of aliphatic hydroxyl groups excluding tert-OH is 3. The average Bonchev–Trinajstić information content (AvgIpc) is 1.63. The van der Waals surface area contributed by atoms with Crippen molar-refractivity contribution in [2.75, 3.05) is 19.6 Å². The van der Waals surface area contributed by atoms with E-state index in [-0.39, 0.29) is 98.0 Å². The van der Waals surface area contributed by atoms with Crippen LogP contribution in [0.25, 0.3) is 25.8 Å². The van der Waals surface area contributed by atoms with Crippen LogP contribution in [-0.2, 0) is 61.5 Å². The molecule has 2 aromatic heterocycles. The average molecular weight is 1520 g/mol. The molecule has 5 aromatic carbocycles. The van der Waals surface area contributed by atoms with Gasteiger partial charge in [-0.3, -0.25) is 43.3 Å². The Morgan fingerprint density at radius 2 is 1.00 bits per heavy atom. The molecule has 8 amide bonds. The summed E-state index contributed by atoms with van der Waals surface area (Å²) >= 11 is 3.18. The number of nitrogens with zero attached hydrogens (tertiary/aromatic N) is 9. The van der Waals surface area contributed by atoms with Crippen LogP contribution in [0, 0.1) is 32.3 Å². The number of aliphatic hydroxyl groups is 3. The smallest absolute Gasteiger partial charge is 0.255 e. The Hall–Kier alpha value is -10.0. The zero-order valence-electron chi connectivity index (χ0n) is 63.1. The molecule has 0 bridgehead atoms. The van der Waals surface area contributed by atoms with E-state index in [0.717, 1.165) is 60.1 Å². The maximum Gasteiger partial charge on any atom is 0.255 e. The molecule has 6 aliphatic rings. The summed E-state index contributed by atoms with van der Waals surface area (Å²) in [7, 11) is 0. The molecule has 1 saturated carbocycles. The maximum atomic E-state index is 14.0. The molecule has 13 rings (SSSR count). The lowest BCUT2D eigenvalue weighted by Gasteiger charge is -2.35. The second kappa shape index (κ2) is 36.4. The number of likely N-dealkylation sites (tertiary alicyclic amines) is 3. The molecule has 0 unspecified atom stereocenters. The summed E-state index contributed by atoms with van der Waals surface area (Å²) in [4.78, 5) is 131. The van der Waals surface area contributed by atoms with E-state index in [9.17, 15) is 53.7 Å². The molecule has 9 atom stereocenters. The van der Waals surface area contributed by atoms with E-state index >= 15 is 0 Å². The molecule has 4 fully saturated rings. The van der Waals surface area contributed by atoms with E-state index in [2.05, 4.69) is 65.6 Å². The number of aryl methyl sites for hydroxylation is 2. The van der Waals surface area contributed by atoms with Gasteiger partial charge in [-0.2, -0.15) is 11.5 Å². The minimum atomic E-state index is -0.774. The summed E-state index contributed by atoms with van der Waals surface area (Å²) in [6.45, 7) is 24.2. The second-order valence-electron chi connectivity index (χ2n) is 29.8. The first kappa shape index (κ1) is 80.0. The molecule has 574 valence electrons. The third-order valence-electron chi connectivity index (χ3n) is 21.3. The van der Waals surface area contributed by atoms with Crippen molar-refractivity contribution in [3.8, 4) is 20.9 Å². The molecule has 7 heterocycles. The second-order valence-corrected chi connectivity index (χ2v) is 31.5. The SMILES string of the molecule is CC(C)[C@@H](C(=O)N1C[C@H](O)C[C@H]1C(=O)NCc1ccc(C2CCCCC2)cc1)N1Cc2ccccc2C1=O.CC[C@H](NC(C)=O)C(=O)N1C[C@H](O)C[C@H]1C(=O)NCc1ccc(-c2scnc2C)cc1.[C-]#[N+]NC(=NCc1ccc(-c2scnc2C)cc1)[C@@H]1C[C@@H](O)CN1C(=O)[C@H](C(C)C)N1Cc2ccccc2C1=O. The van der Waals surface area contributed by atoms with Gasteiger partial charge in [-0.05, 0) is 108 Å². The number of aliphatic imine (C=N–C) groups is 1. The highest BCUT2D eigenvalue weighted by Gasteiger charge is 2.48. The molecule has 7 N–H and O–H groups in total. The van der Waals surface area contributed by atoms with Gasteiger partial charge >= 0.3 is 0 Å². The summed E-state index contributed by atoms with van der Waals surface area (Å²) in [5, 5.41) is 39.6. The van der Waals surface area contributed by atoms with Crippen LogP contribution in [0.2, 0.25) is 0 Å². The molecular weight excluding hydrogens is 1420 g/mol. The summed E-state index contributed by atoms with van der Waals surface area (Å²) in [6, 6.07) is 35.0. The molecule has 5 aliphatic heterocycles. The number of amides is 8. The predicted octanol–water partition coefficient (Wildman–Crippen LogP) is 9.69. The molecule has 109 heavy (non-hydrogen) atoms. The van der Waals surface area contributed by atoms with E-state index in [4.69, 9.17) is 6.57 Å². The number of β-amino-alcohol motifs (C(OH)–C–C–N with tert-alkyl or cyclic N) is 3. The quantitative estimate of drug-likeness (QED) is 0.0153. The monoisotopic (exact) mass is 1520 g/mol. The van der Waals surface area contributed by atoms with Crippen LogP contribution >= 0.6 is 22.7 Å². The van der Waals surface area contributed by atoms with Crippen LogP contribution in [0.4, 0.5) is 0 Å². The van der Waals surface area contributed by atoms with Crippen LogP contribution < -0.4 is 21.4 Å². The van der Waals surface area contributed by atoms with Crippen LogP contribution in [-0.4, -0.2) is 177 Å². The van der Waals surface area contributed by atoms with Gasteiger partial charge in [0.05, 0.1) is 63.1 Å². The maximum absolute atomic E-state index is 14.0. The van der Waals surface area contributed by atoms with Crippen LogP contribution in [0.15, 0.2) is 137 Å². The first-order valence-electron chi connectivity index (χ1n) is 37.7. The van der Waals surface area contributed by atoms with Gasteiger partial charge < -0.3 is 55.8 Å². The van der Waals surface area contributed by atoms with Gasteiger partial charge in [-0.15, -0.1) is 22.7 Å². The van der Waals surface area contributed by atoms with E-state index in [1.54, 1.807) is 56.4 Å². The van der Waals surface area contributed by atoms with Crippen molar-refractivity contribution in [3.05, 3.63) is 200 Å². The number of carbonyl (C=O) groups is 8. The van der Waals surface area contributed by atoms with Gasteiger partial charge in [0.1, 0.15) is 30.2 Å². The number of carbonyl (C=O) groups excluding carboxylic acids is 8. The number of benzene rings is 5. The molecular formula is C83H99N13O11S2. The highest BCUT2D eigenvalue weighted by atomic mass is 32.1. The molecule has 7 aromatic rings. The van der Waals surface area contributed by atoms with Gasteiger partial charge in [0.2, 0.25) is 35.4 Å². The number of fused-ring (bicyclic) bond motifs is 2. The Labute approximate surface area is 645 Å². The van der Waals surface area contributed by atoms with Crippen LogP contribution in [0.3, 0.4) is 0 Å². The molecule has 1 aliphatic carbocycles. The van der Waals surface area contributed by atoms with Crippen molar-refractivity contribution in [2.24, 2.45) is 16.8 Å². The minimum absolute atomic E-state index is 0.0793. The standard InChI is InChI=1S/C31H39N3O4.C30H32N6O3S.C22H28N4O4S/c1-20(2)28(34-18-24-10-6-7-11-26(24)30(34)37)31(38)33-19-25(35)16-27(33)29(36)32-17-21-12-14-23(15-13-21)22-8-4-3-5-9-22;1-18(2)26(36-15-22-7-5-6-8-24(22)29(36)38)30(39)35-16-23(37)13-25(35)28(34-31-4)32-14-20-9-11-21(12-10-20)27-19(3)33-17-40-27;1-4-18(25-14(3)27)22(30)26-11-17(28)9-19(26)21(29)23-10-15-5-7-16(8-6-15)20-13(2)24-12-31-20/h6-7,10-15,20,22,25,27-28,35H,3-5,8-9,16-19H2,1-2H3,(H,32,36);5-12,17-18,23,25-26,37H,13-16H2,1-3H3,(H,32,34);5-8,12,17-19,28H,4,9-11H2,1-3H3,(H,23,29)(H,25,27)/t25-,27+,28+;23-,25+,26+;17-,18+,19+/m111/s1. The Morgan fingerprint density at radius 3 is 1.41 bits per heavy atom. The van der Waals surface area contributed by atoms with Crippen molar-refractivity contribution < 1.29 is 53.7 Å². The zero-order valence-corrected chi connectivity index (χ0v) is 64.7. The molecule has 24 nitrogen and oxygen atoms in total. The van der Waals surface area contributed by atoms with Crippen molar-refractivity contribution in [1.29, 1.82) is 0 Å². The Morgan fingerprint density at radius 1 is 0.578 bits per heavy atom. The van der Waals surface area contributed by atoms with E-state index in [0.29, 0.717) is 62.0 Å². The fraction of sp³-hybridized carbons (Fsp3) is 0.446. The number of aromatic nitrogens is 2. The highest BCUT2D eigenvalue weighted by molar-refractivity contribution is 7.13. The summed E-state index contributed by atoms with van der Waals surface area (Å²) in [5.74, 6) is -1.43. The minimum Gasteiger partial charge on any atom is -0.391 e. The Kier molecular flexibility index (Phi) is 26.7. The largest absolute Gasteiger partial charge is 0.391 e. The third-order valence-corrected chi connectivity index (χ3v) is 23.3. The van der Waals surface area contributed by atoms with E-state index in [1.807, 2.05) is 137 Å². The number of hydrogen-bond donors (Lipinski definition) is 7. The predicted molar refractivity (Wildman–Crippen MR) is 418 cm³/mol. The fourth-order valence-corrected chi connectivity index (χ4v) is 17.3. The van der Waals surface area contributed by atoms with Gasteiger partial charge in [-0.25, -0.2) is 9.97 Å². The van der Waals surface area contributed by atoms with Gasteiger partial charge in [-0.1, -0.05) is 169 Å². The van der Waals surface area contributed by atoms with Crippen LogP contribution in [0.5, 0.6) is 0 Å². The molecule has 3 saturated heterocycles. The highest BCUT2D eigenvalue weighted by Crippen LogP contribution is 2.36. The third kappa shape index (κ3) is 19.0. The van der Waals surface area contributed by atoms with Gasteiger partial charge in [0, 0.05) is 83.1 Å². The van der Waals surface area contributed by atoms with Gasteiger partial charge in [0.15, 0.2) is 5.84 Å². The molecule has 26 heteroatoms. The first-order chi connectivity index (χ1) is 52.4. The lowest BCUT2D eigenvalue weighted by molar-refractivity contribution is -0.143. The number of hydrogen-bond acceptors (Lipinski definition) is 16. The van der Waals surface area contributed by atoms with Crippen molar-refractivity contribution in [3.63, 3.8) is 0 Å². The summed E-state index contributed by atoms with van der Waals surface area (Å²) < 4.78 is 0. The fourth-order valence-electron chi connectivity index (χ4n) is 15.7. The van der Waals surface area contributed by atoms with Gasteiger partial charge in [0.25, 0.3) is 11.8 Å². The van der Waals surface area contributed by atoms with E-state index < -0.39 is 54.6 Å². The molecule has 0 radical (unpaired) electrons. The Bertz CT molecular complexity index is 4470. The zero-order chi connectivity index (χ0) is 77.7. The lowest BCUT2D eigenvalue weighted by Crippen LogP contribution is -2.55.